The summed E-state index contributed by atoms with van der Waals surface area (Å²) in [6.45, 7) is 6.50. The number of nitrogens with two attached hydrogens (primary N) is 1. The van der Waals surface area contributed by atoms with Gasteiger partial charge in [-0.15, -0.1) is 0 Å². The van der Waals surface area contributed by atoms with Crippen LogP contribution in [0.2, 0.25) is 0 Å². The highest BCUT2D eigenvalue weighted by atomic mass is 32.2. The molecule has 0 saturated carbocycles. The van der Waals surface area contributed by atoms with Crippen molar-refractivity contribution in [2.45, 2.75) is 38.4 Å². The molecule has 1 unspecified atom stereocenters. The van der Waals surface area contributed by atoms with Crippen molar-refractivity contribution in [2.24, 2.45) is 4.99 Å². The predicted molar refractivity (Wildman–Crippen MR) is 80.7 cm³/mol. The standard InChI is InChI=1S/C14H22N2S/c1-5-12(17-4)9-16-14-7-6-11(10(2)3)8-13(14)15/h6-10,12H,5,15H2,1-4H3. The molecule has 3 heteroatoms. The number of nitrogens with zero attached hydrogens (tertiary/aromatic N) is 1. The van der Waals surface area contributed by atoms with Crippen molar-refractivity contribution < 1.29 is 0 Å². The molecule has 1 aromatic rings. The lowest BCUT2D eigenvalue weighted by atomic mass is 10.0. The minimum absolute atomic E-state index is 0.471. The Morgan fingerprint density at radius 3 is 2.59 bits per heavy atom. The molecule has 0 fully saturated rings. The molecule has 0 spiro atoms. The van der Waals surface area contributed by atoms with Crippen LogP contribution in [0.1, 0.15) is 38.7 Å². The van der Waals surface area contributed by atoms with Crippen LogP contribution in [0.15, 0.2) is 23.2 Å². The van der Waals surface area contributed by atoms with Gasteiger partial charge in [0.2, 0.25) is 0 Å². The zero-order valence-corrected chi connectivity index (χ0v) is 11.9. The van der Waals surface area contributed by atoms with E-state index < -0.39 is 0 Å². The summed E-state index contributed by atoms with van der Waals surface area (Å²) in [4.78, 5) is 4.48. The van der Waals surface area contributed by atoms with Crippen LogP contribution in [0.3, 0.4) is 0 Å². The molecule has 1 aromatic carbocycles. The molecule has 17 heavy (non-hydrogen) atoms. The van der Waals surface area contributed by atoms with E-state index in [1.807, 2.05) is 30.1 Å². The van der Waals surface area contributed by atoms with E-state index in [1.54, 1.807) is 0 Å². The van der Waals surface area contributed by atoms with Crippen molar-refractivity contribution in [3.63, 3.8) is 0 Å². The van der Waals surface area contributed by atoms with Crippen LogP contribution in [0.5, 0.6) is 0 Å². The average molecular weight is 250 g/mol. The van der Waals surface area contributed by atoms with Gasteiger partial charge in [-0.2, -0.15) is 11.8 Å². The first-order valence-corrected chi connectivity index (χ1v) is 7.33. The highest BCUT2D eigenvalue weighted by molar-refractivity contribution is 7.99. The van der Waals surface area contributed by atoms with Gasteiger partial charge in [-0.25, -0.2) is 0 Å². The summed E-state index contributed by atoms with van der Waals surface area (Å²) in [6.07, 6.45) is 5.19. The van der Waals surface area contributed by atoms with Crippen LogP contribution < -0.4 is 5.73 Å². The lowest BCUT2D eigenvalue weighted by molar-refractivity contribution is 0.867. The van der Waals surface area contributed by atoms with Crippen LogP contribution in [-0.2, 0) is 0 Å². The minimum atomic E-state index is 0.471. The molecule has 0 radical (unpaired) electrons. The SMILES string of the molecule is CCC(C=Nc1ccc(C(C)C)cc1N)SC. The zero-order valence-electron chi connectivity index (χ0n) is 11.1. The van der Waals surface area contributed by atoms with Gasteiger partial charge in [-0.1, -0.05) is 26.8 Å². The molecule has 0 aliphatic rings. The smallest absolute Gasteiger partial charge is 0.0855 e. The second-order valence-corrected chi connectivity index (χ2v) is 5.51. The molecule has 1 rings (SSSR count). The Bertz CT molecular complexity index is 382. The second-order valence-electron chi connectivity index (χ2n) is 4.43. The number of benzene rings is 1. The summed E-state index contributed by atoms with van der Waals surface area (Å²) in [5.41, 5.74) is 8.91. The van der Waals surface area contributed by atoms with Crippen molar-refractivity contribution in [2.75, 3.05) is 12.0 Å². The lowest BCUT2D eigenvalue weighted by Gasteiger charge is -2.09. The number of nitrogen functional groups attached to an aromatic ring is 1. The van der Waals surface area contributed by atoms with Gasteiger partial charge in [0.05, 0.1) is 11.4 Å². The number of hydrogen-bond acceptors (Lipinski definition) is 3. The molecule has 0 aliphatic carbocycles. The average Bonchev–Trinajstić information content (AvgIpc) is 2.31. The Morgan fingerprint density at radius 1 is 1.41 bits per heavy atom. The summed E-state index contributed by atoms with van der Waals surface area (Å²) in [7, 11) is 0. The number of thioether (sulfide) groups is 1. The number of hydrogen-bond donors (Lipinski definition) is 1. The molecule has 1 atom stereocenters. The third-order valence-corrected chi connectivity index (χ3v) is 3.86. The summed E-state index contributed by atoms with van der Waals surface area (Å²) >= 11 is 1.81. The van der Waals surface area contributed by atoms with Gasteiger partial charge in [0.15, 0.2) is 0 Å². The molecule has 0 amide bonds. The van der Waals surface area contributed by atoms with E-state index in [4.69, 9.17) is 5.73 Å². The molecule has 0 bridgehead atoms. The zero-order chi connectivity index (χ0) is 12.8. The van der Waals surface area contributed by atoms with Gasteiger partial charge >= 0.3 is 0 Å². The van der Waals surface area contributed by atoms with E-state index in [2.05, 4.69) is 38.1 Å². The van der Waals surface area contributed by atoms with Crippen LogP contribution in [0, 0.1) is 0 Å². The molecule has 0 aliphatic heterocycles. The number of aliphatic imine (C=N–C) groups is 1. The molecular weight excluding hydrogens is 228 g/mol. The second kappa shape index (κ2) is 6.70. The van der Waals surface area contributed by atoms with Gasteiger partial charge in [-0.05, 0) is 36.3 Å². The van der Waals surface area contributed by atoms with Crippen molar-refractivity contribution in [3.05, 3.63) is 23.8 Å². The van der Waals surface area contributed by atoms with Crippen molar-refractivity contribution >= 4 is 29.4 Å². The third-order valence-electron chi connectivity index (χ3n) is 2.80. The minimum Gasteiger partial charge on any atom is -0.397 e. The molecule has 2 N–H and O–H groups in total. The Hall–Kier alpha value is -0.960. The third kappa shape index (κ3) is 4.08. The van der Waals surface area contributed by atoms with E-state index in [0.717, 1.165) is 17.8 Å². The van der Waals surface area contributed by atoms with Crippen LogP contribution >= 0.6 is 11.8 Å². The predicted octanol–water partition coefficient (Wildman–Crippen LogP) is 4.24. The first kappa shape index (κ1) is 14.1. The highest BCUT2D eigenvalue weighted by Crippen LogP contribution is 2.26. The topological polar surface area (TPSA) is 38.4 Å². The van der Waals surface area contributed by atoms with E-state index in [0.29, 0.717) is 11.2 Å². The first-order valence-electron chi connectivity index (χ1n) is 6.04. The Morgan fingerprint density at radius 2 is 2.12 bits per heavy atom. The van der Waals surface area contributed by atoms with E-state index in [-0.39, 0.29) is 0 Å². The fourth-order valence-corrected chi connectivity index (χ4v) is 2.06. The molecule has 0 saturated heterocycles. The normalized spacial score (nSPS) is 13.5. The summed E-state index contributed by atoms with van der Waals surface area (Å²) in [5, 5.41) is 0.471. The monoisotopic (exact) mass is 250 g/mol. The first-order chi connectivity index (χ1) is 8.08. The van der Waals surface area contributed by atoms with Gasteiger partial charge in [0.1, 0.15) is 0 Å². The van der Waals surface area contributed by atoms with Crippen molar-refractivity contribution in [3.8, 4) is 0 Å². The molecule has 94 valence electrons. The highest BCUT2D eigenvalue weighted by Gasteiger charge is 2.04. The maximum absolute atomic E-state index is 6.01. The van der Waals surface area contributed by atoms with Crippen molar-refractivity contribution in [1.29, 1.82) is 0 Å². The summed E-state index contributed by atoms with van der Waals surface area (Å²) < 4.78 is 0. The van der Waals surface area contributed by atoms with E-state index in [9.17, 15) is 0 Å². The lowest BCUT2D eigenvalue weighted by Crippen LogP contribution is -2.00. The molecule has 0 aromatic heterocycles. The fraction of sp³-hybridized carbons (Fsp3) is 0.500. The van der Waals surface area contributed by atoms with Gasteiger partial charge in [0, 0.05) is 11.5 Å². The van der Waals surface area contributed by atoms with Gasteiger partial charge < -0.3 is 5.73 Å². The number of anilines is 1. The van der Waals surface area contributed by atoms with E-state index in [1.165, 1.54) is 5.56 Å². The Balaban J connectivity index is 2.86. The Kier molecular flexibility index (Phi) is 5.56. The van der Waals surface area contributed by atoms with Crippen LogP contribution in [-0.4, -0.2) is 17.7 Å². The molecule has 0 heterocycles. The largest absolute Gasteiger partial charge is 0.397 e. The quantitative estimate of drug-likeness (QED) is 0.627. The molecule has 2 nitrogen and oxygen atoms in total. The van der Waals surface area contributed by atoms with Crippen LogP contribution in [0.4, 0.5) is 11.4 Å². The van der Waals surface area contributed by atoms with Gasteiger partial charge in [-0.3, -0.25) is 4.99 Å². The number of rotatable bonds is 5. The maximum Gasteiger partial charge on any atom is 0.0855 e. The van der Waals surface area contributed by atoms with Crippen molar-refractivity contribution in [1.82, 2.24) is 0 Å². The summed E-state index contributed by atoms with van der Waals surface area (Å²) in [5.74, 6) is 0.505. The Labute approximate surface area is 109 Å². The van der Waals surface area contributed by atoms with E-state index >= 15 is 0 Å². The van der Waals surface area contributed by atoms with Crippen LogP contribution in [0.25, 0.3) is 0 Å². The van der Waals surface area contributed by atoms with Gasteiger partial charge in [0.25, 0.3) is 0 Å². The summed E-state index contributed by atoms with van der Waals surface area (Å²) in [6, 6.07) is 6.14. The molecular formula is C14H22N2S. The maximum atomic E-state index is 6.01. The fourth-order valence-electron chi connectivity index (χ4n) is 1.55.